The first kappa shape index (κ1) is 19.6. The van der Waals surface area contributed by atoms with Crippen LogP contribution in [0.15, 0.2) is 11.6 Å². The number of fused-ring (bicyclic) bond motifs is 5. The second-order valence-corrected chi connectivity index (χ2v) is 10.3. The molecular weight excluding hydrogens is 360 g/mol. The summed E-state index contributed by atoms with van der Waals surface area (Å²) in [6.07, 6.45) is 11.2. The van der Waals surface area contributed by atoms with Gasteiger partial charge in [-0.2, -0.15) is 0 Å². The van der Waals surface area contributed by atoms with E-state index in [2.05, 4.69) is 30.6 Å². The van der Waals surface area contributed by atoms with E-state index < -0.39 is 0 Å². The zero-order valence-electron chi connectivity index (χ0n) is 16.8. The van der Waals surface area contributed by atoms with Crippen LogP contribution >= 0.6 is 11.6 Å². The lowest BCUT2D eigenvalue weighted by molar-refractivity contribution is -0.0422. The van der Waals surface area contributed by atoms with Crippen LogP contribution in [0.5, 0.6) is 0 Å². The minimum atomic E-state index is -0.138. The lowest BCUT2D eigenvalue weighted by Crippen LogP contribution is -2.55. The van der Waals surface area contributed by atoms with Crippen molar-refractivity contribution < 1.29 is 9.90 Å². The van der Waals surface area contributed by atoms with Gasteiger partial charge in [0.15, 0.2) is 0 Å². The van der Waals surface area contributed by atoms with Gasteiger partial charge in [0.2, 0.25) is 0 Å². The monoisotopic (exact) mass is 394 g/mol. The lowest BCUT2D eigenvalue weighted by atomic mass is 9.48. The number of aliphatic hydroxyl groups excluding tert-OH is 1. The fourth-order valence-corrected chi connectivity index (χ4v) is 7.34. The maximum Gasteiger partial charge on any atom is 0.315 e. The number of hydrogen-bond acceptors (Lipinski definition) is 2. The highest BCUT2D eigenvalue weighted by molar-refractivity contribution is 6.18. The van der Waals surface area contributed by atoms with Gasteiger partial charge in [-0.1, -0.05) is 25.5 Å². The standard InChI is InChI=1S/C22H35ClN2O2/c1-21-9-7-15(26)13-14(21)3-4-16-17-5-6-19(25-20(27)24-12-11-23)22(17,2)10-8-18(16)21/h3,15-19,26H,4-13H2,1-2H3,(H2,24,25,27)/t15?,16-,17-,18-,19?,21-,22-/m0/s1. The number of alkyl halides is 1. The molecule has 2 amide bonds. The molecule has 3 saturated carbocycles. The Hall–Kier alpha value is -0.740. The van der Waals surface area contributed by atoms with Crippen LogP contribution in [0.4, 0.5) is 4.79 Å². The quantitative estimate of drug-likeness (QED) is 0.495. The van der Waals surface area contributed by atoms with Crippen molar-refractivity contribution in [2.45, 2.75) is 77.4 Å². The van der Waals surface area contributed by atoms with Gasteiger partial charge in [-0.25, -0.2) is 4.79 Å². The fraction of sp³-hybridized carbons (Fsp3) is 0.864. The van der Waals surface area contributed by atoms with Gasteiger partial charge in [-0.15, -0.1) is 11.6 Å². The van der Waals surface area contributed by atoms with Gasteiger partial charge in [-0.05, 0) is 80.0 Å². The van der Waals surface area contributed by atoms with Gasteiger partial charge >= 0.3 is 6.03 Å². The molecule has 3 fully saturated rings. The Morgan fingerprint density at radius 2 is 2.04 bits per heavy atom. The number of halogens is 1. The first-order chi connectivity index (χ1) is 12.9. The number of amides is 2. The predicted molar refractivity (Wildman–Crippen MR) is 109 cm³/mol. The Morgan fingerprint density at radius 1 is 1.22 bits per heavy atom. The van der Waals surface area contributed by atoms with Crippen LogP contribution in [0, 0.1) is 28.6 Å². The van der Waals surface area contributed by atoms with Gasteiger partial charge in [-0.3, -0.25) is 0 Å². The van der Waals surface area contributed by atoms with E-state index >= 15 is 0 Å². The van der Waals surface area contributed by atoms with E-state index in [9.17, 15) is 9.90 Å². The molecule has 5 heteroatoms. The summed E-state index contributed by atoms with van der Waals surface area (Å²) in [7, 11) is 0. The highest BCUT2D eigenvalue weighted by Crippen LogP contribution is 2.64. The lowest BCUT2D eigenvalue weighted by Gasteiger charge is -2.58. The first-order valence-electron chi connectivity index (χ1n) is 10.9. The average molecular weight is 395 g/mol. The van der Waals surface area contributed by atoms with Crippen molar-refractivity contribution in [2.75, 3.05) is 12.4 Å². The predicted octanol–water partition coefficient (Wildman–Crippen LogP) is 4.22. The first-order valence-corrected chi connectivity index (χ1v) is 11.4. The Labute approximate surface area is 168 Å². The third-order valence-corrected chi connectivity index (χ3v) is 8.95. The van der Waals surface area contributed by atoms with E-state index in [0.29, 0.717) is 18.3 Å². The normalized spacial score (nSPS) is 45.9. The third kappa shape index (κ3) is 3.21. The molecule has 4 aliphatic carbocycles. The molecule has 27 heavy (non-hydrogen) atoms. The van der Waals surface area contributed by atoms with Crippen molar-refractivity contribution in [3.63, 3.8) is 0 Å². The van der Waals surface area contributed by atoms with Crippen LogP contribution in [0.1, 0.15) is 65.2 Å². The van der Waals surface area contributed by atoms with Crippen molar-refractivity contribution >= 4 is 17.6 Å². The van der Waals surface area contributed by atoms with Crippen molar-refractivity contribution in [3.05, 3.63) is 11.6 Å². The van der Waals surface area contributed by atoms with Gasteiger partial charge < -0.3 is 15.7 Å². The van der Waals surface area contributed by atoms with Gasteiger partial charge in [0.05, 0.1) is 6.10 Å². The molecule has 0 aromatic heterocycles. The molecule has 4 rings (SSSR count). The molecule has 0 radical (unpaired) electrons. The summed E-state index contributed by atoms with van der Waals surface area (Å²) in [6, 6.07) is 0.203. The summed E-state index contributed by atoms with van der Waals surface area (Å²) >= 11 is 5.69. The number of aliphatic hydroxyl groups is 1. The second-order valence-electron chi connectivity index (χ2n) is 9.92. The second kappa shape index (κ2) is 7.26. The largest absolute Gasteiger partial charge is 0.393 e. The average Bonchev–Trinajstić information content (AvgIpc) is 2.97. The minimum Gasteiger partial charge on any atom is -0.393 e. The molecule has 0 bridgehead atoms. The molecule has 0 aromatic rings. The van der Waals surface area contributed by atoms with Crippen molar-refractivity contribution in [1.29, 1.82) is 0 Å². The number of carbonyl (C=O) groups excluding carboxylic acids is 1. The topological polar surface area (TPSA) is 61.4 Å². The van der Waals surface area contributed by atoms with Crippen molar-refractivity contribution in [1.82, 2.24) is 10.6 Å². The molecule has 0 saturated heterocycles. The minimum absolute atomic E-state index is 0.0660. The Morgan fingerprint density at radius 3 is 2.81 bits per heavy atom. The van der Waals surface area contributed by atoms with Crippen LogP contribution in [0.3, 0.4) is 0 Å². The zero-order chi connectivity index (χ0) is 19.2. The van der Waals surface area contributed by atoms with E-state index in [-0.39, 0.29) is 29.0 Å². The number of hydrogen-bond donors (Lipinski definition) is 3. The Balaban J connectivity index is 1.51. The SMILES string of the molecule is C[C@]12CCC(O)CC1=CC[C@@H]1[C@@H]2CC[C@]2(C)C(NC(=O)NCCCl)CC[C@@H]12. The smallest absolute Gasteiger partial charge is 0.315 e. The molecule has 3 N–H and O–H groups in total. The zero-order valence-corrected chi connectivity index (χ0v) is 17.5. The Kier molecular flexibility index (Phi) is 5.26. The Bertz CT molecular complexity index is 623. The summed E-state index contributed by atoms with van der Waals surface area (Å²) in [5.74, 6) is 2.61. The maximum atomic E-state index is 12.2. The molecule has 0 spiro atoms. The number of urea groups is 1. The summed E-state index contributed by atoms with van der Waals surface area (Å²) in [4.78, 5) is 12.2. The van der Waals surface area contributed by atoms with E-state index in [1.165, 1.54) is 24.8 Å². The molecule has 7 atom stereocenters. The van der Waals surface area contributed by atoms with E-state index in [1.54, 1.807) is 0 Å². The molecule has 0 heterocycles. The highest BCUT2D eigenvalue weighted by atomic mass is 35.5. The third-order valence-electron chi connectivity index (χ3n) is 8.76. The number of allylic oxidation sites excluding steroid dienone is 1. The summed E-state index contributed by atoms with van der Waals surface area (Å²) in [5, 5.41) is 16.3. The number of nitrogens with one attached hydrogen (secondary N) is 2. The van der Waals surface area contributed by atoms with Crippen LogP contribution in [-0.4, -0.2) is 35.7 Å². The van der Waals surface area contributed by atoms with Crippen molar-refractivity contribution in [2.24, 2.45) is 28.6 Å². The van der Waals surface area contributed by atoms with Gasteiger partial charge in [0.1, 0.15) is 0 Å². The molecule has 2 unspecified atom stereocenters. The molecule has 4 aliphatic rings. The van der Waals surface area contributed by atoms with E-state index in [0.717, 1.165) is 43.9 Å². The summed E-state index contributed by atoms with van der Waals surface area (Å²) < 4.78 is 0. The van der Waals surface area contributed by atoms with Crippen LogP contribution in [0.25, 0.3) is 0 Å². The summed E-state index contributed by atoms with van der Waals surface area (Å²) in [6.45, 7) is 5.40. The van der Waals surface area contributed by atoms with Crippen LogP contribution in [0.2, 0.25) is 0 Å². The maximum absolute atomic E-state index is 12.2. The summed E-state index contributed by atoms with van der Waals surface area (Å²) in [5.41, 5.74) is 2.02. The molecule has 0 aromatic carbocycles. The molecule has 152 valence electrons. The molecule has 0 aliphatic heterocycles. The number of rotatable bonds is 3. The highest BCUT2D eigenvalue weighted by Gasteiger charge is 2.58. The number of carbonyl (C=O) groups is 1. The van der Waals surface area contributed by atoms with E-state index in [1.807, 2.05) is 0 Å². The molecular formula is C22H35ClN2O2. The molecule has 4 nitrogen and oxygen atoms in total. The van der Waals surface area contributed by atoms with Gasteiger partial charge in [0.25, 0.3) is 0 Å². The fourth-order valence-electron chi connectivity index (χ4n) is 7.25. The van der Waals surface area contributed by atoms with Crippen LogP contribution in [-0.2, 0) is 0 Å². The van der Waals surface area contributed by atoms with E-state index in [4.69, 9.17) is 11.6 Å². The van der Waals surface area contributed by atoms with Crippen molar-refractivity contribution in [3.8, 4) is 0 Å². The van der Waals surface area contributed by atoms with Gasteiger partial charge in [0, 0.05) is 18.5 Å². The van der Waals surface area contributed by atoms with Crippen LogP contribution < -0.4 is 10.6 Å².